The average Bonchev–Trinajstić information content (AvgIpc) is 1.56. The molecule has 2 aliphatic heterocycles. The van der Waals surface area contributed by atoms with E-state index in [1.165, 1.54) is 35.4 Å². The minimum Gasteiger partial charge on any atom is -0.396 e. The molecule has 1 N–H and O–H groups in total. The fourth-order valence-corrected chi connectivity index (χ4v) is 14.5. The second kappa shape index (κ2) is 27.4. The smallest absolute Gasteiger partial charge is 0.396 e. The Kier molecular flexibility index (Phi) is 19.4. The quantitative estimate of drug-likeness (QED) is 0.0776. The highest BCUT2D eigenvalue weighted by atomic mass is 35.5. The molecular weight excluding hydrogens is 1330 g/mol. The Morgan fingerprint density at radius 2 is 0.960 bits per heavy atom. The molecule has 0 bridgehead atoms. The van der Waals surface area contributed by atoms with Crippen LogP contribution in [0.25, 0.3) is 55.7 Å². The number of fused-ring (bicyclic) bond motifs is 4. The lowest BCUT2D eigenvalue weighted by molar-refractivity contribution is -0.138. The lowest BCUT2D eigenvalue weighted by Crippen LogP contribution is -2.36. The summed E-state index contributed by atoms with van der Waals surface area (Å²) >= 11 is 5.35. The van der Waals surface area contributed by atoms with Crippen LogP contribution in [0.15, 0.2) is 149 Å². The van der Waals surface area contributed by atoms with Crippen LogP contribution >= 0.6 is 11.6 Å². The van der Waals surface area contributed by atoms with Crippen LogP contribution in [0.1, 0.15) is 157 Å². The first-order valence-corrected chi connectivity index (χ1v) is 34.0. The number of rotatable bonds is 15. The summed E-state index contributed by atoms with van der Waals surface area (Å²) in [5.74, 6) is -0.569. The van der Waals surface area contributed by atoms with Crippen molar-refractivity contribution in [3.05, 3.63) is 256 Å². The van der Waals surface area contributed by atoms with Gasteiger partial charge in [0.05, 0.1) is 79.8 Å². The fourth-order valence-electron chi connectivity index (χ4n) is 14.2. The Balaban J connectivity index is 0.000000172. The number of hydrogen-bond acceptors (Lipinski definition) is 10. The van der Waals surface area contributed by atoms with Gasteiger partial charge in [-0.2, -0.15) is 36.5 Å². The second-order valence-corrected chi connectivity index (χ2v) is 27.0. The van der Waals surface area contributed by atoms with Crippen LogP contribution in [0.4, 0.5) is 35.1 Å². The van der Waals surface area contributed by atoms with Gasteiger partial charge in [-0.3, -0.25) is 9.80 Å². The predicted molar refractivity (Wildman–Crippen MR) is 372 cm³/mol. The van der Waals surface area contributed by atoms with Gasteiger partial charge in [-0.25, -0.2) is 27.7 Å². The highest BCUT2D eigenvalue weighted by Crippen LogP contribution is 2.49. The second-order valence-electron chi connectivity index (χ2n) is 26.7. The SMILES string of the molecule is CCc1cccc(CC)c1-n1nc2c(c1-c1ccc(F)c3[nH]ccc13)CN(Cc1ccc(C(F)(F)F)cc1C)C2(C)C.CCc1cccc(CC)c1-n1nc2c(c1-c1ccc(F)c3c1ccn3Cc1oc(=O)oc1C)CN(Cc1ccc(C(F)(F)F)cc1C)C2(C)C.Cc1oc(=O)oc1CCl. The summed E-state index contributed by atoms with van der Waals surface area (Å²) in [7, 11) is 0. The molecule has 0 fully saturated rings. The van der Waals surface area contributed by atoms with E-state index >= 15 is 4.39 Å². The molecule has 0 radical (unpaired) electrons. The van der Waals surface area contributed by atoms with E-state index in [1.54, 1.807) is 62.9 Å². The molecular formula is C78H77ClF8N8O6. The van der Waals surface area contributed by atoms with Gasteiger partial charge in [-0.05, 0) is 186 Å². The molecule has 23 heteroatoms. The normalized spacial score (nSPS) is 14.4. The number of aromatic amines is 1. The number of H-pyrrole nitrogens is 1. The van der Waals surface area contributed by atoms with Gasteiger partial charge < -0.3 is 27.2 Å². The van der Waals surface area contributed by atoms with Crippen LogP contribution in [0.3, 0.4) is 0 Å². The number of halogens is 9. The highest BCUT2D eigenvalue weighted by Gasteiger charge is 2.46. The summed E-state index contributed by atoms with van der Waals surface area (Å²) in [5.41, 5.74) is 15.1. The molecule has 101 heavy (non-hydrogen) atoms. The molecule has 0 spiro atoms. The number of aryl methyl sites for hydroxylation is 8. The molecule has 12 aromatic rings. The first-order chi connectivity index (χ1) is 47.9. The molecule has 0 atom stereocenters. The predicted octanol–water partition coefficient (Wildman–Crippen LogP) is 19.4. The molecule has 14 rings (SSSR count). The van der Waals surface area contributed by atoms with E-state index in [1.807, 2.05) is 22.9 Å². The molecule has 8 heterocycles. The van der Waals surface area contributed by atoms with Gasteiger partial charge in [-0.15, -0.1) is 11.6 Å². The number of nitrogens with one attached hydrogen (secondary N) is 1. The van der Waals surface area contributed by atoms with Crippen molar-refractivity contribution >= 4 is 33.4 Å². The maximum atomic E-state index is 15.8. The van der Waals surface area contributed by atoms with Crippen LogP contribution in [0, 0.1) is 39.3 Å². The number of para-hydroxylation sites is 2. The van der Waals surface area contributed by atoms with Crippen molar-refractivity contribution in [3.8, 4) is 33.9 Å². The minimum absolute atomic E-state index is 0.102. The van der Waals surface area contributed by atoms with E-state index in [4.69, 9.17) is 30.6 Å². The molecule has 6 aromatic heterocycles. The van der Waals surface area contributed by atoms with E-state index in [-0.39, 0.29) is 18.2 Å². The Bertz CT molecular complexity index is 5200. The molecule has 2 aliphatic rings. The number of benzene rings is 6. The standard InChI is InChI=1S/C39H38F4N4O3.C34H34F4N4.C5H5ClO3/c1-7-24-10-9-11-25(8-2)33(24)47-34(28-14-15-31(40)35-29(28)16-17-45(35)21-32-23(4)49-37(48)50-32)30-20-46(38(5,6)36(30)44-47)19-26-12-13-27(18-22(26)3)39(41,42)43;1-6-21-9-8-10-22(7-2)30(21)42-31(26-13-14-28(35)29-25(26)15-16-39-29)27-19-41(33(4,5)32(27)40-42)18-23-11-12-24(17-20(23)3)34(36,37)38;1-3-4(2-6)9-5(7)8-3/h9-18H,7-8,19-21H2,1-6H3;8-17,39H,6-7,18-19H2,1-5H3;2H2,1H3. The molecule has 528 valence electrons. The Hall–Kier alpha value is -9.51. The van der Waals surface area contributed by atoms with Crippen molar-refractivity contribution in [1.82, 2.24) is 38.9 Å². The van der Waals surface area contributed by atoms with Gasteiger partial charge in [-0.1, -0.05) is 76.2 Å². The van der Waals surface area contributed by atoms with Gasteiger partial charge in [0.2, 0.25) is 0 Å². The largest absolute Gasteiger partial charge is 0.519 e. The first kappa shape index (κ1) is 71.3. The van der Waals surface area contributed by atoms with Crippen molar-refractivity contribution in [2.75, 3.05) is 0 Å². The van der Waals surface area contributed by atoms with Crippen molar-refractivity contribution in [3.63, 3.8) is 0 Å². The number of alkyl halides is 7. The van der Waals surface area contributed by atoms with E-state index in [9.17, 15) is 40.3 Å². The Morgan fingerprint density at radius 3 is 1.36 bits per heavy atom. The monoisotopic (exact) mass is 1410 g/mol. The molecule has 0 aliphatic carbocycles. The zero-order valence-corrected chi connectivity index (χ0v) is 58.9. The van der Waals surface area contributed by atoms with E-state index in [2.05, 4.69) is 120 Å². The van der Waals surface area contributed by atoms with Crippen molar-refractivity contribution in [1.29, 1.82) is 0 Å². The highest BCUT2D eigenvalue weighted by molar-refractivity contribution is 6.16. The number of nitrogens with zero attached hydrogens (tertiary/aromatic N) is 7. The van der Waals surface area contributed by atoms with Crippen LogP contribution in [0.2, 0.25) is 0 Å². The van der Waals surface area contributed by atoms with E-state index < -0.39 is 52.0 Å². The third-order valence-corrected chi connectivity index (χ3v) is 20.2. The molecule has 0 saturated heterocycles. The maximum Gasteiger partial charge on any atom is 0.519 e. The van der Waals surface area contributed by atoms with Gasteiger partial charge >= 0.3 is 24.0 Å². The summed E-state index contributed by atoms with van der Waals surface area (Å²) in [6.45, 7) is 25.6. The maximum absolute atomic E-state index is 15.8. The van der Waals surface area contributed by atoms with Crippen LogP contribution in [0.5, 0.6) is 0 Å². The Morgan fingerprint density at radius 1 is 0.525 bits per heavy atom. The van der Waals surface area contributed by atoms with Crippen molar-refractivity contribution in [2.45, 2.75) is 171 Å². The lowest BCUT2D eigenvalue weighted by Gasteiger charge is -2.32. The van der Waals surface area contributed by atoms with E-state index in [0.29, 0.717) is 76.8 Å². The van der Waals surface area contributed by atoms with Gasteiger partial charge in [0, 0.05) is 71.6 Å². The number of hydrogen-bond donors (Lipinski definition) is 1. The zero-order valence-electron chi connectivity index (χ0n) is 58.1. The summed E-state index contributed by atoms with van der Waals surface area (Å²) < 4.78 is 136. The molecule has 0 amide bonds. The summed E-state index contributed by atoms with van der Waals surface area (Å²) in [6, 6.07) is 30.8. The Labute approximate surface area is 582 Å². The average molecular weight is 1410 g/mol. The third-order valence-electron chi connectivity index (χ3n) is 20.0. The van der Waals surface area contributed by atoms with Crippen LogP contribution in [-0.2, 0) is 87.7 Å². The molecule has 6 aromatic carbocycles. The van der Waals surface area contributed by atoms with Crippen molar-refractivity contribution < 1.29 is 52.8 Å². The van der Waals surface area contributed by atoms with Gasteiger partial charge in [0.1, 0.15) is 23.2 Å². The fraction of sp³-hybridized carbons (Fsp3) is 0.333. The van der Waals surface area contributed by atoms with Crippen LogP contribution in [-0.4, -0.2) is 38.9 Å². The molecule has 14 nitrogen and oxygen atoms in total. The van der Waals surface area contributed by atoms with Crippen molar-refractivity contribution in [2.24, 2.45) is 0 Å². The third kappa shape index (κ3) is 13.2. The van der Waals surface area contributed by atoms with Gasteiger partial charge in [0.15, 0.2) is 11.5 Å². The van der Waals surface area contributed by atoms with Gasteiger partial charge in [0.25, 0.3) is 0 Å². The minimum atomic E-state index is -4.41. The summed E-state index contributed by atoms with van der Waals surface area (Å²) in [5, 5.41) is 12.1. The molecule has 0 unspecified atom stereocenters. The van der Waals surface area contributed by atoms with E-state index in [0.717, 1.165) is 122 Å². The topological polar surface area (TPSA) is 150 Å². The molecule has 0 saturated carbocycles. The number of aromatic nitrogens is 6. The lowest BCUT2D eigenvalue weighted by atomic mass is 9.96. The summed E-state index contributed by atoms with van der Waals surface area (Å²) in [6.07, 6.45) is -2.05. The van der Waals surface area contributed by atoms with Crippen LogP contribution < -0.4 is 11.6 Å². The zero-order chi connectivity index (χ0) is 72.5. The summed E-state index contributed by atoms with van der Waals surface area (Å²) in [4.78, 5) is 29.6. The first-order valence-electron chi connectivity index (χ1n) is 33.5.